The lowest BCUT2D eigenvalue weighted by atomic mass is 10.2. The lowest BCUT2D eigenvalue weighted by Crippen LogP contribution is -2.27. The highest BCUT2D eigenvalue weighted by Gasteiger charge is 2.33. The SMILES string of the molecule is C=CCOc1ccc(/C=C2/SC(=S)N(c3ccccc3)C2=O)cc1I. The number of thioether (sulfide) groups is 1. The monoisotopic (exact) mass is 479 g/mol. The zero-order valence-corrected chi connectivity index (χ0v) is 16.9. The predicted octanol–water partition coefficient (Wildman–Crippen LogP) is 5.26. The van der Waals surface area contributed by atoms with Crippen LogP contribution in [0.5, 0.6) is 5.75 Å². The summed E-state index contributed by atoms with van der Waals surface area (Å²) in [4.78, 5) is 14.9. The summed E-state index contributed by atoms with van der Waals surface area (Å²) >= 11 is 8.92. The van der Waals surface area contributed by atoms with Crippen molar-refractivity contribution in [1.29, 1.82) is 0 Å². The molecule has 1 aliphatic rings. The van der Waals surface area contributed by atoms with Crippen LogP contribution < -0.4 is 9.64 Å². The van der Waals surface area contributed by atoms with Crippen LogP contribution in [0.1, 0.15) is 5.56 Å². The highest BCUT2D eigenvalue weighted by molar-refractivity contribution is 14.1. The fraction of sp³-hybridized carbons (Fsp3) is 0.0526. The number of hydrogen-bond donors (Lipinski definition) is 0. The van der Waals surface area contributed by atoms with E-state index in [1.807, 2.05) is 54.6 Å². The third-order valence-corrected chi connectivity index (χ3v) is 5.56. The van der Waals surface area contributed by atoms with Crippen LogP contribution in [-0.4, -0.2) is 16.8 Å². The predicted molar refractivity (Wildman–Crippen MR) is 117 cm³/mol. The molecule has 0 bridgehead atoms. The van der Waals surface area contributed by atoms with Crippen molar-refractivity contribution in [2.45, 2.75) is 0 Å². The molecule has 1 fully saturated rings. The standard InChI is InChI=1S/C19H14INO2S2/c1-2-10-23-16-9-8-13(11-15(16)20)12-17-18(22)21(19(24)25-17)14-6-4-3-5-7-14/h2-9,11-12H,1,10H2/b17-12+. The van der Waals surface area contributed by atoms with Gasteiger partial charge < -0.3 is 4.74 Å². The molecular weight excluding hydrogens is 465 g/mol. The number of rotatable bonds is 5. The molecule has 3 rings (SSSR count). The van der Waals surface area contributed by atoms with Gasteiger partial charge in [-0.25, -0.2) is 0 Å². The van der Waals surface area contributed by atoms with Gasteiger partial charge in [-0.05, 0) is 58.5 Å². The minimum absolute atomic E-state index is 0.0943. The summed E-state index contributed by atoms with van der Waals surface area (Å²) in [6.45, 7) is 4.11. The topological polar surface area (TPSA) is 29.5 Å². The van der Waals surface area contributed by atoms with Gasteiger partial charge in [-0.1, -0.05) is 60.9 Å². The third kappa shape index (κ3) is 4.13. The Bertz CT molecular complexity index is 865. The Balaban J connectivity index is 1.85. The van der Waals surface area contributed by atoms with Crippen LogP contribution in [0.25, 0.3) is 6.08 Å². The lowest BCUT2D eigenvalue weighted by Gasteiger charge is -2.13. The van der Waals surface area contributed by atoms with E-state index in [9.17, 15) is 4.79 Å². The fourth-order valence-electron chi connectivity index (χ4n) is 2.29. The van der Waals surface area contributed by atoms with Crippen molar-refractivity contribution in [3.8, 4) is 5.75 Å². The van der Waals surface area contributed by atoms with Gasteiger partial charge in [0, 0.05) is 0 Å². The van der Waals surface area contributed by atoms with E-state index in [4.69, 9.17) is 17.0 Å². The fourth-order valence-corrected chi connectivity index (χ4v) is 4.29. The van der Waals surface area contributed by atoms with E-state index in [0.717, 1.165) is 20.6 Å². The molecule has 0 aliphatic carbocycles. The summed E-state index contributed by atoms with van der Waals surface area (Å²) in [6.07, 6.45) is 3.57. The van der Waals surface area contributed by atoms with Crippen molar-refractivity contribution in [2.24, 2.45) is 0 Å². The zero-order chi connectivity index (χ0) is 17.8. The molecule has 0 unspecified atom stereocenters. The van der Waals surface area contributed by atoms with Gasteiger partial charge >= 0.3 is 0 Å². The Morgan fingerprint density at radius 2 is 2.00 bits per heavy atom. The van der Waals surface area contributed by atoms with Crippen molar-refractivity contribution in [3.05, 3.63) is 75.2 Å². The first-order valence-corrected chi connectivity index (χ1v) is 9.77. The van der Waals surface area contributed by atoms with E-state index in [1.165, 1.54) is 11.8 Å². The molecule has 0 aromatic heterocycles. The smallest absolute Gasteiger partial charge is 0.270 e. The summed E-state index contributed by atoms with van der Waals surface area (Å²) in [5.74, 6) is 0.706. The minimum atomic E-state index is -0.0943. The molecule has 1 aliphatic heterocycles. The Morgan fingerprint density at radius 1 is 1.24 bits per heavy atom. The van der Waals surface area contributed by atoms with Crippen LogP contribution in [0.15, 0.2) is 66.1 Å². The number of carbonyl (C=O) groups is 1. The molecule has 0 spiro atoms. The van der Waals surface area contributed by atoms with Crippen LogP contribution in [0.3, 0.4) is 0 Å². The first kappa shape index (κ1) is 18.2. The van der Waals surface area contributed by atoms with Gasteiger partial charge in [-0.15, -0.1) is 0 Å². The number of halogens is 1. The summed E-state index contributed by atoms with van der Waals surface area (Å²) < 4.78 is 7.10. The van der Waals surface area contributed by atoms with E-state index in [1.54, 1.807) is 11.0 Å². The van der Waals surface area contributed by atoms with Gasteiger partial charge in [0.05, 0.1) is 14.2 Å². The van der Waals surface area contributed by atoms with E-state index in [-0.39, 0.29) is 5.91 Å². The second kappa shape index (κ2) is 8.16. The molecule has 1 heterocycles. The van der Waals surface area contributed by atoms with E-state index < -0.39 is 0 Å². The van der Waals surface area contributed by atoms with E-state index in [2.05, 4.69) is 29.2 Å². The molecular formula is C19H14INO2S2. The minimum Gasteiger partial charge on any atom is -0.488 e. The first-order chi connectivity index (χ1) is 12.1. The molecule has 25 heavy (non-hydrogen) atoms. The molecule has 2 aromatic carbocycles. The van der Waals surface area contributed by atoms with Crippen LogP contribution in [0, 0.1) is 3.57 Å². The second-order valence-electron chi connectivity index (χ2n) is 5.14. The van der Waals surface area contributed by atoms with Crippen LogP contribution in [0.2, 0.25) is 0 Å². The maximum absolute atomic E-state index is 12.7. The molecule has 2 aromatic rings. The van der Waals surface area contributed by atoms with Crippen LogP contribution in [-0.2, 0) is 4.79 Å². The van der Waals surface area contributed by atoms with Gasteiger partial charge in [0.2, 0.25) is 0 Å². The van der Waals surface area contributed by atoms with Crippen molar-refractivity contribution in [3.63, 3.8) is 0 Å². The van der Waals surface area contributed by atoms with E-state index in [0.29, 0.717) is 15.8 Å². The molecule has 0 N–H and O–H groups in total. The Morgan fingerprint density at radius 3 is 2.68 bits per heavy atom. The largest absolute Gasteiger partial charge is 0.488 e. The quantitative estimate of drug-likeness (QED) is 0.253. The van der Waals surface area contributed by atoms with E-state index >= 15 is 0 Å². The van der Waals surface area contributed by atoms with Gasteiger partial charge in [0.1, 0.15) is 12.4 Å². The molecule has 6 heteroatoms. The van der Waals surface area contributed by atoms with Gasteiger partial charge in [-0.3, -0.25) is 9.69 Å². The Hall–Kier alpha value is -1.64. The average Bonchev–Trinajstić information content (AvgIpc) is 2.88. The van der Waals surface area contributed by atoms with Crippen molar-refractivity contribution in [1.82, 2.24) is 0 Å². The molecule has 3 nitrogen and oxygen atoms in total. The maximum Gasteiger partial charge on any atom is 0.270 e. The lowest BCUT2D eigenvalue weighted by molar-refractivity contribution is -0.113. The summed E-state index contributed by atoms with van der Waals surface area (Å²) in [7, 11) is 0. The average molecular weight is 479 g/mol. The molecule has 1 amide bonds. The zero-order valence-electron chi connectivity index (χ0n) is 13.1. The third-order valence-electron chi connectivity index (χ3n) is 3.42. The number of amides is 1. The Labute approximate surface area is 169 Å². The Kier molecular flexibility index (Phi) is 5.93. The highest BCUT2D eigenvalue weighted by Crippen LogP contribution is 2.36. The van der Waals surface area contributed by atoms with Crippen molar-refractivity contribution in [2.75, 3.05) is 11.5 Å². The number of hydrogen-bond acceptors (Lipinski definition) is 4. The second-order valence-corrected chi connectivity index (χ2v) is 7.98. The summed E-state index contributed by atoms with van der Waals surface area (Å²) in [6, 6.07) is 15.3. The number of para-hydroxylation sites is 1. The van der Waals surface area contributed by atoms with Crippen molar-refractivity contribution >= 4 is 68.6 Å². The number of ether oxygens (including phenoxy) is 1. The number of carbonyl (C=O) groups excluding carboxylic acids is 1. The normalized spacial score (nSPS) is 15.7. The van der Waals surface area contributed by atoms with Gasteiger partial charge in [0.15, 0.2) is 4.32 Å². The molecule has 1 saturated heterocycles. The van der Waals surface area contributed by atoms with Gasteiger partial charge in [-0.2, -0.15) is 0 Å². The molecule has 126 valence electrons. The number of thiocarbonyl (C=S) groups is 1. The molecule has 0 radical (unpaired) electrons. The van der Waals surface area contributed by atoms with Gasteiger partial charge in [0.25, 0.3) is 5.91 Å². The summed E-state index contributed by atoms with van der Waals surface area (Å²) in [5, 5.41) is 0. The van der Waals surface area contributed by atoms with Crippen LogP contribution >= 0.6 is 46.6 Å². The van der Waals surface area contributed by atoms with Crippen LogP contribution in [0.4, 0.5) is 5.69 Å². The number of anilines is 1. The molecule has 0 saturated carbocycles. The maximum atomic E-state index is 12.7. The summed E-state index contributed by atoms with van der Waals surface area (Å²) in [5.41, 5.74) is 1.72. The number of nitrogens with zero attached hydrogens (tertiary/aromatic N) is 1. The highest BCUT2D eigenvalue weighted by atomic mass is 127. The van der Waals surface area contributed by atoms with Crippen molar-refractivity contribution < 1.29 is 9.53 Å². The molecule has 0 atom stereocenters. The number of benzene rings is 2. The first-order valence-electron chi connectivity index (χ1n) is 7.46.